The van der Waals surface area contributed by atoms with Crippen LogP contribution in [-0.4, -0.2) is 19.0 Å². The molecule has 0 aliphatic carbocycles. The predicted molar refractivity (Wildman–Crippen MR) is 68.4 cm³/mol. The summed E-state index contributed by atoms with van der Waals surface area (Å²) in [5.74, 6) is 0.670. The number of carbonyl (C=O) groups is 1. The molecule has 17 heavy (non-hydrogen) atoms. The summed E-state index contributed by atoms with van der Waals surface area (Å²) < 4.78 is 5.08. The van der Waals surface area contributed by atoms with E-state index in [0.29, 0.717) is 12.3 Å². The summed E-state index contributed by atoms with van der Waals surface area (Å²) in [5, 5.41) is 0. The lowest BCUT2D eigenvalue weighted by molar-refractivity contribution is -0.0321. The Morgan fingerprint density at radius 3 is 2.24 bits per heavy atom. The van der Waals surface area contributed by atoms with Crippen molar-refractivity contribution in [2.24, 2.45) is 5.92 Å². The molecule has 1 aromatic rings. The fraction of sp³-hybridized carbons (Fsp3) is 0.533. The van der Waals surface area contributed by atoms with Crippen LogP contribution in [0.4, 0.5) is 0 Å². The van der Waals surface area contributed by atoms with Crippen molar-refractivity contribution in [1.29, 1.82) is 0 Å². The van der Waals surface area contributed by atoms with Crippen molar-refractivity contribution in [1.82, 2.24) is 0 Å². The van der Waals surface area contributed by atoms with Crippen molar-refractivity contribution in [2.45, 2.75) is 32.6 Å². The maximum absolute atomic E-state index is 12.0. The van der Waals surface area contributed by atoms with Gasteiger partial charge in [-0.15, -0.1) is 0 Å². The Morgan fingerprint density at radius 1 is 1.24 bits per heavy atom. The Balaban J connectivity index is 2.04. The van der Waals surface area contributed by atoms with Gasteiger partial charge in [0, 0.05) is 17.9 Å². The Morgan fingerprint density at radius 2 is 1.82 bits per heavy atom. The fourth-order valence-corrected chi connectivity index (χ4v) is 1.94. The molecular weight excluding hydrogens is 212 g/mol. The molecule has 0 N–H and O–H groups in total. The summed E-state index contributed by atoms with van der Waals surface area (Å²) in [6.45, 7) is 8.01. The van der Waals surface area contributed by atoms with Crippen LogP contribution in [0.1, 0.15) is 43.1 Å². The average Bonchev–Trinajstić information content (AvgIpc) is 2.22. The quantitative estimate of drug-likeness (QED) is 0.748. The molecule has 1 fully saturated rings. The van der Waals surface area contributed by atoms with E-state index in [1.165, 1.54) is 5.56 Å². The summed E-state index contributed by atoms with van der Waals surface area (Å²) in [7, 11) is 0. The lowest BCUT2D eigenvalue weighted by atomic mass is 9.86. The number of Topliss-reactive ketones (excluding diaryl/α,β-unsaturated/α-hetero) is 1. The maximum Gasteiger partial charge on any atom is 0.163 e. The van der Waals surface area contributed by atoms with Crippen molar-refractivity contribution < 1.29 is 9.53 Å². The first-order chi connectivity index (χ1) is 7.97. The first-order valence-corrected chi connectivity index (χ1v) is 6.18. The monoisotopic (exact) mass is 232 g/mol. The standard InChI is InChI=1S/C15H20O2/c1-15(2,3)13-6-4-12(5-7-13)14(16)8-11-9-17-10-11/h4-7,11H,8-10H2,1-3H3. The largest absolute Gasteiger partial charge is 0.381 e. The number of ketones is 1. The topological polar surface area (TPSA) is 26.3 Å². The van der Waals surface area contributed by atoms with Crippen LogP contribution in [0.25, 0.3) is 0 Å². The molecule has 1 heterocycles. The van der Waals surface area contributed by atoms with Gasteiger partial charge in [0.15, 0.2) is 5.78 Å². The zero-order chi connectivity index (χ0) is 12.5. The maximum atomic E-state index is 12.0. The second kappa shape index (κ2) is 4.61. The normalized spacial score (nSPS) is 16.6. The summed E-state index contributed by atoms with van der Waals surface area (Å²) in [4.78, 5) is 12.0. The van der Waals surface area contributed by atoms with Crippen LogP contribution < -0.4 is 0 Å². The molecule has 2 heteroatoms. The van der Waals surface area contributed by atoms with Gasteiger partial charge in [0.25, 0.3) is 0 Å². The van der Waals surface area contributed by atoms with Gasteiger partial charge in [0.1, 0.15) is 0 Å². The molecule has 1 aliphatic heterocycles. The molecule has 0 unspecified atom stereocenters. The van der Waals surface area contributed by atoms with E-state index in [9.17, 15) is 4.79 Å². The summed E-state index contributed by atoms with van der Waals surface area (Å²) >= 11 is 0. The second-order valence-electron chi connectivity index (χ2n) is 5.86. The molecular formula is C15H20O2. The SMILES string of the molecule is CC(C)(C)c1ccc(C(=O)CC2COC2)cc1. The highest BCUT2D eigenvalue weighted by Gasteiger charge is 2.22. The Bertz CT molecular complexity index is 394. The summed E-state index contributed by atoms with van der Waals surface area (Å²) in [5.41, 5.74) is 2.23. The van der Waals surface area contributed by atoms with Gasteiger partial charge >= 0.3 is 0 Å². The van der Waals surface area contributed by atoms with Gasteiger partial charge in [-0.05, 0) is 11.0 Å². The van der Waals surface area contributed by atoms with Gasteiger partial charge < -0.3 is 4.74 Å². The van der Waals surface area contributed by atoms with E-state index in [4.69, 9.17) is 4.74 Å². The van der Waals surface area contributed by atoms with Crippen LogP contribution in [-0.2, 0) is 10.2 Å². The van der Waals surface area contributed by atoms with Gasteiger partial charge in [-0.25, -0.2) is 0 Å². The van der Waals surface area contributed by atoms with Gasteiger partial charge in [0.2, 0.25) is 0 Å². The molecule has 1 aliphatic rings. The number of benzene rings is 1. The minimum atomic E-state index is 0.142. The average molecular weight is 232 g/mol. The third-order valence-corrected chi connectivity index (χ3v) is 3.25. The number of hydrogen-bond acceptors (Lipinski definition) is 2. The molecule has 0 bridgehead atoms. The first-order valence-electron chi connectivity index (χ1n) is 6.18. The highest BCUT2D eigenvalue weighted by Crippen LogP contribution is 2.23. The molecule has 0 atom stereocenters. The van der Waals surface area contributed by atoms with Crippen LogP contribution in [0.5, 0.6) is 0 Å². The Kier molecular flexibility index (Phi) is 3.34. The van der Waals surface area contributed by atoms with Gasteiger partial charge in [-0.2, -0.15) is 0 Å². The van der Waals surface area contributed by atoms with E-state index >= 15 is 0 Å². The molecule has 0 spiro atoms. The van der Waals surface area contributed by atoms with Crippen LogP contribution in [0.2, 0.25) is 0 Å². The van der Waals surface area contributed by atoms with E-state index in [-0.39, 0.29) is 11.2 Å². The van der Waals surface area contributed by atoms with E-state index in [2.05, 4.69) is 32.9 Å². The second-order valence-corrected chi connectivity index (χ2v) is 5.86. The predicted octanol–water partition coefficient (Wildman–Crippen LogP) is 3.20. The minimum Gasteiger partial charge on any atom is -0.381 e. The fourth-order valence-electron chi connectivity index (χ4n) is 1.94. The highest BCUT2D eigenvalue weighted by molar-refractivity contribution is 5.96. The molecule has 2 rings (SSSR count). The van der Waals surface area contributed by atoms with E-state index < -0.39 is 0 Å². The molecule has 0 saturated carbocycles. The van der Waals surface area contributed by atoms with Crippen molar-refractivity contribution in [3.05, 3.63) is 35.4 Å². The van der Waals surface area contributed by atoms with Gasteiger partial charge in [0.05, 0.1) is 13.2 Å². The van der Waals surface area contributed by atoms with Crippen molar-refractivity contribution in [3.63, 3.8) is 0 Å². The van der Waals surface area contributed by atoms with Crippen LogP contribution >= 0.6 is 0 Å². The molecule has 0 aromatic heterocycles. The third-order valence-electron chi connectivity index (χ3n) is 3.25. The van der Waals surface area contributed by atoms with Gasteiger partial charge in [-0.3, -0.25) is 4.79 Å². The molecule has 1 aromatic carbocycles. The van der Waals surface area contributed by atoms with Crippen molar-refractivity contribution >= 4 is 5.78 Å². The van der Waals surface area contributed by atoms with Crippen LogP contribution in [0.15, 0.2) is 24.3 Å². The Labute approximate surface area is 103 Å². The molecule has 92 valence electrons. The molecule has 0 radical (unpaired) electrons. The van der Waals surface area contributed by atoms with E-state index in [0.717, 1.165) is 18.8 Å². The number of hydrogen-bond donors (Lipinski definition) is 0. The van der Waals surface area contributed by atoms with E-state index in [1.54, 1.807) is 0 Å². The molecule has 1 saturated heterocycles. The van der Waals surface area contributed by atoms with Crippen LogP contribution in [0, 0.1) is 5.92 Å². The van der Waals surface area contributed by atoms with Crippen molar-refractivity contribution in [3.8, 4) is 0 Å². The summed E-state index contributed by atoms with van der Waals surface area (Å²) in [6, 6.07) is 8.01. The smallest absolute Gasteiger partial charge is 0.163 e. The zero-order valence-electron chi connectivity index (χ0n) is 10.8. The minimum absolute atomic E-state index is 0.142. The summed E-state index contributed by atoms with van der Waals surface area (Å²) in [6.07, 6.45) is 0.620. The molecule has 2 nitrogen and oxygen atoms in total. The van der Waals surface area contributed by atoms with Crippen molar-refractivity contribution in [2.75, 3.05) is 13.2 Å². The highest BCUT2D eigenvalue weighted by atomic mass is 16.5. The number of ether oxygens (including phenoxy) is 1. The van der Waals surface area contributed by atoms with Crippen LogP contribution in [0.3, 0.4) is 0 Å². The lowest BCUT2D eigenvalue weighted by Crippen LogP contribution is -2.29. The third kappa shape index (κ3) is 2.95. The number of carbonyl (C=O) groups excluding carboxylic acids is 1. The van der Waals surface area contributed by atoms with Gasteiger partial charge in [-0.1, -0.05) is 45.0 Å². The molecule has 0 amide bonds. The first kappa shape index (κ1) is 12.3. The zero-order valence-corrected chi connectivity index (χ0v) is 10.8. The number of rotatable bonds is 3. The Hall–Kier alpha value is -1.15. The lowest BCUT2D eigenvalue weighted by Gasteiger charge is -2.25. The van der Waals surface area contributed by atoms with E-state index in [1.807, 2.05) is 12.1 Å².